The van der Waals surface area contributed by atoms with Crippen molar-refractivity contribution in [2.45, 2.75) is 64.0 Å². The molecule has 136 valence electrons. The SMILES string of the molecule is O=C1CC[C@@H]2CN(Cc3cccnc3)CC[C@@H]2N1CC1CCCCC1. The fourth-order valence-corrected chi connectivity index (χ4v) is 5.21. The normalized spacial score (nSPS) is 28.8. The number of likely N-dealkylation sites (tertiary alicyclic amines) is 2. The molecule has 3 fully saturated rings. The number of hydrogen-bond acceptors (Lipinski definition) is 3. The predicted molar refractivity (Wildman–Crippen MR) is 98.9 cm³/mol. The smallest absolute Gasteiger partial charge is 0.222 e. The summed E-state index contributed by atoms with van der Waals surface area (Å²) in [4.78, 5) is 21.7. The molecule has 4 rings (SSSR count). The summed E-state index contributed by atoms with van der Waals surface area (Å²) in [6.45, 7) is 4.26. The van der Waals surface area contributed by atoms with E-state index >= 15 is 0 Å². The molecule has 2 aliphatic heterocycles. The lowest BCUT2D eigenvalue weighted by Gasteiger charge is -2.48. The Bertz CT molecular complexity index is 570. The second-order valence-electron chi connectivity index (χ2n) is 8.30. The first-order valence-corrected chi connectivity index (χ1v) is 10.2. The van der Waals surface area contributed by atoms with Gasteiger partial charge in [-0.2, -0.15) is 0 Å². The van der Waals surface area contributed by atoms with Gasteiger partial charge in [0.1, 0.15) is 0 Å². The maximum absolute atomic E-state index is 12.6. The maximum Gasteiger partial charge on any atom is 0.222 e. The van der Waals surface area contributed by atoms with Crippen LogP contribution < -0.4 is 0 Å². The molecule has 4 heteroatoms. The molecule has 0 spiro atoms. The number of amides is 1. The summed E-state index contributed by atoms with van der Waals surface area (Å²) in [5.74, 6) is 1.84. The first kappa shape index (κ1) is 17.0. The molecule has 0 aromatic carbocycles. The predicted octanol–water partition coefficient (Wildman–Crippen LogP) is 3.47. The van der Waals surface area contributed by atoms with Crippen LogP contribution in [0.5, 0.6) is 0 Å². The quantitative estimate of drug-likeness (QED) is 0.841. The molecule has 25 heavy (non-hydrogen) atoms. The monoisotopic (exact) mass is 341 g/mol. The van der Waals surface area contributed by atoms with Crippen LogP contribution in [0.3, 0.4) is 0 Å². The van der Waals surface area contributed by atoms with E-state index in [0.29, 0.717) is 17.9 Å². The lowest BCUT2D eigenvalue weighted by Crippen LogP contribution is -2.56. The molecule has 0 radical (unpaired) electrons. The number of aromatic nitrogens is 1. The lowest BCUT2D eigenvalue weighted by molar-refractivity contribution is -0.142. The second kappa shape index (κ2) is 7.86. The summed E-state index contributed by atoms with van der Waals surface area (Å²) in [6, 6.07) is 4.68. The Morgan fingerprint density at radius 1 is 1.12 bits per heavy atom. The highest BCUT2D eigenvalue weighted by Crippen LogP contribution is 2.34. The Kier molecular flexibility index (Phi) is 5.35. The molecule has 3 heterocycles. The van der Waals surface area contributed by atoms with Crippen molar-refractivity contribution >= 4 is 5.91 Å². The van der Waals surface area contributed by atoms with Gasteiger partial charge in [0.2, 0.25) is 5.91 Å². The molecular weight excluding hydrogens is 310 g/mol. The third-order valence-corrected chi connectivity index (χ3v) is 6.54. The van der Waals surface area contributed by atoms with Crippen LogP contribution in [0, 0.1) is 11.8 Å². The van der Waals surface area contributed by atoms with Crippen molar-refractivity contribution in [3.8, 4) is 0 Å². The molecule has 0 unspecified atom stereocenters. The van der Waals surface area contributed by atoms with Gasteiger partial charge in [0.15, 0.2) is 0 Å². The number of pyridine rings is 1. The van der Waals surface area contributed by atoms with Gasteiger partial charge in [-0.1, -0.05) is 25.3 Å². The molecular formula is C21H31N3O. The van der Waals surface area contributed by atoms with Crippen LogP contribution in [0.25, 0.3) is 0 Å². The number of carbonyl (C=O) groups excluding carboxylic acids is 1. The zero-order valence-electron chi connectivity index (χ0n) is 15.3. The standard InChI is InChI=1S/C21H31N3O/c25-21-9-8-19-16-23(14-18-7-4-11-22-13-18)12-10-20(19)24(21)15-17-5-2-1-3-6-17/h4,7,11,13,17,19-20H,1-3,5-6,8-10,12,14-16H2/t19-,20+/m1/s1. The van der Waals surface area contributed by atoms with Crippen molar-refractivity contribution in [3.63, 3.8) is 0 Å². The second-order valence-corrected chi connectivity index (χ2v) is 8.30. The molecule has 4 nitrogen and oxygen atoms in total. The zero-order chi connectivity index (χ0) is 17.1. The molecule has 2 saturated heterocycles. The van der Waals surface area contributed by atoms with Crippen LogP contribution in [-0.4, -0.2) is 46.4 Å². The van der Waals surface area contributed by atoms with Crippen LogP contribution in [0.2, 0.25) is 0 Å². The number of carbonyl (C=O) groups is 1. The molecule has 1 saturated carbocycles. The van der Waals surface area contributed by atoms with Gasteiger partial charge in [-0.15, -0.1) is 0 Å². The Labute approximate surface area is 151 Å². The van der Waals surface area contributed by atoms with E-state index in [1.54, 1.807) is 0 Å². The van der Waals surface area contributed by atoms with Gasteiger partial charge in [-0.3, -0.25) is 14.7 Å². The van der Waals surface area contributed by atoms with Gasteiger partial charge < -0.3 is 4.90 Å². The van der Waals surface area contributed by atoms with E-state index in [1.807, 2.05) is 18.5 Å². The van der Waals surface area contributed by atoms with E-state index in [1.165, 1.54) is 37.7 Å². The number of nitrogens with zero attached hydrogens (tertiary/aromatic N) is 3. The van der Waals surface area contributed by atoms with E-state index in [2.05, 4.69) is 20.9 Å². The molecule has 2 atom stereocenters. The summed E-state index contributed by atoms with van der Waals surface area (Å²) in [6.07, 6.45) is 13.6. The molecule has 0 bridgehead atoms. The average Bonchev–Trinajstić information content (AvgIpc) is 2.66. The molecule has 1 aliphatic carbocycles. The van der Waals surface area contributed by atoms with Crippen molar-refractivity contribution in [2.24, 2.45) is 11.8 Å². The summed E-state index contributed by atoms with van der Waals surface area (Å²) in [5, 5.41) is 0. The third kappa shape index (κ3) is 4.05. The van der Waals surface area contributed by atoms with Crippen molar-refractivity contribution in [2.75, 3.05) is 19.6 Å². The minimum Gasteiger partial charge on any atom is -0.339 e. The van der Waals surface area contributed by atoms with Gasteiger partial charge in [0.05, 0.1) is 0 Å². The van der Waals surface area contributed by atoms with E-state index in [4.69, 9.17) is 0 Å². The van der Waals surface area contributed by atoms with Gasteiger partial charge in [-0.25, -0.2) is 0 Å². The van der Waals surface area contributed by atoms with E-state index in [0.717, 1.165) is 51.4 Å². The minimum absolute atomic E-state index is 0.424. The van der Waals surface area contributed by atoms with Crippen molar-refractivity contribution in [3.05, 3.63) is 30.1 Å². The molecule has 0 N–H and O–H groups in total. The highest BCUT2D eigenvalue weighted by molar-refractivity contribution is 5.77. The van der Waals surface area contributed by atoms with Gasteiger partial charge >= 0.3 is 0 Å². The van der Waals surface area contributed by atoms with Crippen molar-refractivity contribution < 1.29 is 4.79 Å². The Morgan fingerprint density at radius 2 is 2.00 bits per heavy atom. The van der Waals surface area contributed by atoms with E-state index in [-0.39, 0.29) is 0 Å². The maximum atomic E-state index is 12.6. The number of rotatable bonds is 4. The van der Waals surface area contributed by atoms with Crippen LogP contribution in [0.15, 0.2) is 24.5 Å². The average molecular weight is 341 g/mol. The summed E-state index contributed by atoms with van der Waals surface area (Å²) >= 11 is 0. The summed E-state index contributed by atoms with van der Waals surface area (Å²) in [5.41, 5.74) is 1.30. The Hall–Kier alpha value is -1.42. The number of piperidine rings is 2. The van der Waals surface area contributed by atoms with E-state index < -0.39 is 0 Å². The first-order chi connectivity index (χ1) is 12.3. The fourth-order valence-electron chi connectivity index (χ4n) is 5.21. The van der Waals surface area contributed by atoms with Gasteiger partial charge in [0.25, 0.3) is 0 Å². The third-order valence-electron chi connectivity index (χ3n) is 6.54. The van der Waals surface area contributed by atoms with E-state index in [9.17, 15) is 4.79 Å². The Morgan fingerprint density at radius 3 is 2.80 bits per heavy atom. The molecule has 1 amide bonds. The topological polar surface area (TPSA) is 36.4 Å². The highest BCUT2D eigenvalue weighted by Gasteiger charge is 2.39. The van der Waals surface area contributed by atoms with Crippen LogP contribution >= 0.6 is 0 Å². The molecule has 1 aromatic rings. The van der Waals surface area contributed by atoms with Crippen LogP contribution in [0.1, 0.15) is 56.9 Å². The molecule has 1 aromatic heterocycles. The summed E-state index contributed by atoms with van der Waals surface area (Å²) in [7, 11) is 0. The van der Waals surface area contributed by atoms with Gasteiger partial charge in [0, 0.05) is 51.0 Å². The zero-order valence-corrected chi connectivity index (χ0v) is 15.3. The first-order valence-electron chi connectivity index (χ1n) is 10.2. The minimum atomic E-state index is 0.424. The van der Waals surface area contributed by atoms with Crippen molar-refractivity contribution in [1.82, 2.24) is 14.8 Å². The number of hydrogen-bond donors (Lipinski definition) is 0. The van der Waals surface area contributed by atoms with Crippen molar-refractivity contribution in [1.29, 1.82) is 0 Å². The molecule has 3 aliphatic rings. The van der Waals surface area contributed by atoms with Gasteiger partial charge in [-0.05, 0) is 49.1 Å². The fraction of sp³-hybridized carbons (Fsp3) is 0.714. The van der Waals surface area contributed by atoms with Crippen LogP contribution in [0.4, 0.5) is 0 Å². The largest absolute Gasteiger partial charge is 0.339 e. The number of fused-ring (bicyclic) bond motifs is 1. The lowest BCUT2D eigenvalue weighted by atomic mass is 9.81. The highest BCUT2D eigenvalue weighted by atomic mass is 16.2. The summed E-state index contributed by atoms with van der Waals surface area (Å²) < 4.78 is 0. The van der Waals surface area contributed by atoms with Crippen LogP contribution in [-0.2, 0) is 11.3 Å². The Balaban J connectivity index is 1.37.